The third kappa shape index (κ3) is 3.27. The van der Waals surface area contributed by atoms with E-state index < -0.39 is 0 Å². The second-order valence-corrected chi connectivity index (χ2v) is 6.14. The summed E-state index contributed by atoms with van der Waals surface area (Å²) in [6.45, 7) is 4.63. The van der Waals surface area contributed by atoms with Crippen LogP contribution in [0.5, 0.6) is 0 Å². The average Bonchev–Trinajstić information content (AvgIpc) is 2.69. The predicted molar refractivity (Wildman–Crippen MR) is 73.0 cm³/mol. The molecule has 0 N–H and O–H groups in total. The zero-order valence-corrected chi connectivity index (χ0v) is 12.4. The van der Waals surface area contributed by atoms with E-state index in [9.17, 15) is 4.79 Å². The highest BCUT2D eigenvalue weighted by atomic mass is 16.5. The van der Waals surface area contributed by atoms with E-state index in [-0.39, 0.29) is 17.9 Å². The number of rotatable bonds is 4. The molecule has 2 aliphatic heterocycles. The molecule has 5 nitrogen and oxygen atoms in total. The number of hydrogen-bond acceptors (Lipinski definition) is 4. The molecule has 19 heavy (non-hydrogen) atoms. The average molecular weight is 270 g/mol. The van der Waals surface area contributed by atoms with Crippen LogP contribution in [0.3, 0.4) is 0 Å². The van der Waals surface area contributed by atoms with Crippen LogP contribution in [0.25, 0.3) is 0 Å². The summed E-state index contributed by atoms with van der Waals surface area (Å²) in [6, 6.07) is 0. The van der Waals surface area contributed by atoms with E-state index in [4.69, 9.17) is 9.47 Å². The van der Waals surface area contributed by atoms with E-state index >= 15 is 0 Å². The maximum Gasteiger partial charge on any atom is 0.248 e. The predicted octanol–water partition coefficient (Wildman–Crippen LogP) is 0.450. The first kappa shape index (κ1) is 14.8. The van der Waals surface area contributed by atoms with Gasteiger partial charge in [0.1, 0.15) is 6.61 Å². The molecule has 0 saturated carbocycles. The van der Waals surface area contributed by atoms with Crippen molar-refractivity contribution in [3.05, 3.63) is 0 Å². The van der Waals surface area contributed by atoms with E-state index in [2.05, 4.69) is 19.0 Å². The van der Waals surface area contributed by atoms with Gasteiger partial charge >= 0.3 is 0 Å². The van der Waals surface area contributed by atoms with Crippen LogP contribution in [0.2, 0.25) is 0 Å². The Bertz CT molecular complexity index is 314. The fraction of sp³-hybridized carbons (Fsp3) is 0.929. The minimum Gasteiger partial charge on any atom is -0.381 e. The lowest BCUT2D eigenvalue weighted by Gasteiger charge is -2.38. The number of nitrogens with zero attached hydrogens (tertiary/aromatic N) is 2. The topological polar surface area (TPSA) is 42.0 Å². The second kappa shape index (κ2) is 6.20. The third-order valence-electron chi connectivity index (χ3n) is 4.51. The number of methoxy groups -OCH3 is 1. The summed E-state index contributed by atoms with van der Waals surface area (Å²) in [5.41, 5.74) is 0.256. The van der Waals surface area contributed by atoms with Crippen molar-refractivity contribution in [2.45, 2.75) is 12.8 Å². The van der Waals surface area contributed by atoms with E-state index in [1.165, 1.54) is 0 Å². The molecule has 1 amide bonds. The Balaban J connectivity index is 2.08. The molecule has 1 unspecified atom stereocenters. The summed E-state index contributed by atoms with van der Waals surface area (Å²) in [5.74, 6) is 0.668. The summed E-state index contributed by atoms with van der Waals surface area (Å²) in [5, 5.41) is 0. The van der Waals surface area contributed by atoms with Gasteiger partial charge in [0.2, 0.25) is 5.91 Å². The Morgan fingerprint density at radius 2 is 2.11 bits per heavy atom. The molecule has 1 atom stereocenters. The Kier molecular flexibility index (Phi) is 4.81. The van der Waals surface area contributed by atoms with Gasteiger partial charge in [-0.1, -0.05) is 0 Å². The van der Waals surface area contributed by atoms with Crippen LogP contribution in [0.1, 0.15) is 12.8 Å². The van der Waals surface area contributed by atoms with Gasteiger partial charge in [-0.15, -0.1) is 0 Å². The maximum absolute atomic E-state index is 12.1. The lowest BCUT2D eigenvalue weighted by atomic mass is 9.72. The van der Waals surface area contributed by atoms with Crippen molar-refractivity contribution < 1.29 is 14.3 Å². The first-order valence-corrected chi connectivity index (χ1v) is 7.06. The van der Waals surface area contributed by atoms with Crippen molar-refractivity contribution in [2.75, 3.05) is 60.7 Å². The molecule has 1 spiro atoms. The zero-order valence-electron chi connectivity index (χ0n) is 12.4. The fourth-order valence-corrected chi connectivity index (χ4v) is 3.47. The van der Waals surface area contributed by atoms with Gasteiger partial charge < -0.3 is 19.3 Å². The number of carbonyl (C=O) groups excluding carboxylic acids is 1. The zero-order chi connectivity index (χ0) is 13.9. The van der Waals surface area contributed by atoms with Gasteiger partial charge in [0.15, 0.2) is 0 Å². The van der Waals surface area contributed by atoms with Crippen molar-refractivity contribution >= 4 is 5.91 Å². The maximum atomic E-state index is 12.1. The van der Waals surface area contributed by atoms with Gasteiger partial charge in [0, 0.05) is 40.0 Å². The summed E-state index contributed by atoms with van der Waals surface area (Å²) in [6.07, 6.45) is 2.14. The molecule has 2 heterocycles. The number of carbonyl (C=O) groups is 1. The molecule has 2 saturated heterocycles. The van der Waals surface area contributed by atoms with E-state index in [1.54, 1.807) is 7.11 Å². The van der Waals surface area contributed by atoms with Crippen LogP contribution < -0.4 is 0 Å². The molecular formula is C14H26N2O3. The Morgan fingerprint density at radius 1 is 1.42 bits per heavy atom. The van der Waals surface area contributed by atoms with Crippen LogP contribution in [-0.4, -0.2) is 76.4 Å². The Hall–Kier alpha value is -0.650. The summed E-state index contributed by atoms with van der Waals surface area (Å²) >= 11 is 0. The molecular weight excluding hydrogens is 244 g/mol. The van der Waals surface area contributed by atoms with Gasteiger partial charge in [-0.25, -0.2) is 0 Å². The molecule has 0 aromatic heterocycles. The molecule has 110 valence electrons. The van der Waals surface area contributed by atoms with Crippen molar-refractivity contribution in [3.8, 4) is 0 Å². The standard InChI is InChI=1S/C14H26N2O3/c1-15(2)8-12-9-16(13(17)10-18-3)11-14(12)4-6-19-7-5-14/h12H,4-11H2,1-3H3. The lowest BCUT2D eigenvalue weighted by molar-refractivity contribution is -0.134. The largest absolute Gasteiger partial charge is 0.381 e. The SMILES string of the molecule is COCC(=O)N1CC(CN(C)C)C2(CCOCC2)C1. The van der Waals surface area contributed by atoms with Crippen LogP contribution >= 0.6 is 0 Å². The van der Waals surface area contributed by atoms with Crippen molar-refractivity contribution in [3.63, 3.8) is 0 Å². The molecule has 2 rings (SSSR count). The van der Waals surface area contributed by atoms with Gasteiger partial charge in [-0.05, 0) is 38.3 Å². The molecule has 2 aliphatic rings. The highest BCUT2D eigenvalue weighted by Gasteiger charge is 2.48. The van der Waals surface area contributed by atoms with Gasteiger partial charge in [0.05, 0.1) is 0 Å². The van der Waals surface area contributed by atoms with Crippen LogP contribution in [0.4, 0.5) is 0 Å². The number of ether oxygens (including phenoxy) is 2. The van der Waals surface area contributed by atoms with Gasteiger partial charge in [0.25, 0.3) is 0 Å². The normalized spacial score (nSPS) is 26.3. The van der Waals surface area contributed by atoms with Crippen molar-refractivity contribution in [1.29, 1.82) is 0 Å². The number of likely N-dealkylation sites (tertiary alicyclic amines) is 1. The smallest absolute Gasteiger partial charge is 0.248 e. The highest BCUT2D eigenvalue weighted by Crippen LogP contribution is 2.44. The molecule has 0 aromatic rings. The summed E-state index contributed by atoms with van der Waals surface area (Å²) in [4.78, 5) is 16.3. The second-order valence-electron chi connectivity index (χ2n) is 6.14. The fourth-order valence-electron chi connectivity index (χ4n) is 3.47. The van der Waals surface area contributed by atoms with Crippen LogP contribution in [0.15, 0.2) is 0 Å². The monoisotopic (exact) mass is 270 g/mol. The van der Waals surface area contributed by atoms with Crippen molar-refractivity contribution in [2.24, 2.45) is 11.3 Å². The van der Waals surface area contributed by atoms with E-state index in [0.29, 0.717) is 5.92 Å². The van der Waals surface area contributed by atoms with Gasteiger partial charge in [-0.2, -0.15) is 0 Å². The molecule has 0 radical (unpaired) electrons. The van der Waals surface area contributed by atoms with Crippen LogP contribution in [-0.2, 0) is 14.3 Å². The number of amides is 1. The first-order valence-electron chi connectivity index (χ1n) is 7.06. The molecule has 0 aliphatic carbocycles. The highest BCUT2D eigenvalue weighted by molar-refractivity contribution is 5.77. The Labute approximate surface area is 115 Å². The lowest BCUT2D eigenvalue weighted by Crippen LogP contribution is -2.41. The van der Waals surface area contributed by atoms with Crippen molar-refractivity contribution in [1.82, 2.24) is 9.80 Å². The molecule has 2 fully saturated rings. The molecule has 0 bridgehead atoms. The van der Waals surface area contributed by atoms with E-state index in [0.717, 1.165) is 45.7 Å². The first-order chi connectivity index (χ1) is 9.07. The minimum absolute atomic E-state index is 0.120. The molecule has 0 aromatic carbocycles. The summed E-state index contributed by atoms with van der Waals surface area (Å²) < 4.78 is 10.5. The summed E-state index contributed by atoms with van der Waals surface area (Å²) in [7, 11) is 5.79. The molecule has 5 heteroatoms. The quantitative estimate of drug-likeness (QED) is 0.744. The number of hydrogen-bond donors (Lipinski definition) is 0. The minimum atomic E-state index is 0.120. The van der Waals surface area contributed by atoms with Gasteiger partial charge in [-0.3, -0.25) is 4.79 Å². The third-order valence-corrected chi connectivity index (χ3v) is 4.51. The van der Waals surface area contributed by atoms with Crippen LogP contribution in [0, 0.1) is 11.3 Å². The van der Waals surface area contributed by atoms with E-state index in [1.807, 2.05) is 4.90 Å². The Morgan fingerprint density at radius 3 is 2.68 bits per heavy atom.